The molecule has 2 aliphatic rings. The molecule has 1 heterocycles. The molecule has 144 valence electrons. The molecule has 0 spiro atoms. The molecule has 1 aliphatic heterocycles. The van der Waals surface area contributed by atoms with Crippen molar-refractivity contribution < 1.29 is 13.9 Å². The third kappa shape index (κ3) is 3.56. The van der Waals surface area contributed by atoms with Gasteiger partial charge in [0.05, 0.1) is 0 Å². The van der Waals surface area contributed by atoms with Gasteiger partial charge < -0.3 is 10.0 Å². The van der Waals surface area contributed by atoms with Crippen LogP contribution in [0.2, 0.25) is 5.02 Å². The van der Waals surface area contributed by atoms with Gasteiger partial charge in [-0.15, -0.1) is 0 Å². The summed E-state index contributed by atoms with van der Waals surface area (Å²) in [5.41, 5.74) is 1.15. The zero-order valence-corrected chi connectivity index (χ0v) is 16.0. The van der Waals surface area contributed by atoms with Gasteiger partial charge in [-0.25, -0.2) is 8.78 Å². The topological polar surface area (TPSA) is 26.7 Å². The van der Waals surface area contributed by atoms with Crippen LogP contribution < -0.4 is 4.90 Å². The number of piperazine rings is 1. The van der Waals surface area contributed by atoms with Gasteiger partial charge in [0.2, 0.25) is 0 Å². The number of benzene rings is 2. The summed E-state index contributed by atoms with van der Waals surface area (Å²) in [6.07, 6.45) is -0.560. The molecule has 3 atom stereocenters. The molecular formula is C21H23ClF2N2O. The summed E-state index contributed by atoms with van der Waals surface area (Å²) >= 11 is 6.12. The Morgan fingerprint density at radius 3 is 2.44 bits per heavy atom. The lowest BCUT2D eigenvalue weighted by atomic mass is 10.1. The van der Waals surface area contributed by atoms with E-state index in [9.17, 15) is 9.50 Å². The van der Waals surface area contributed by atoms with Gasteiger partial charge in [-0.2, -0.15) is 0 Å². The van der Waals surface area contributed by atoms with Crippen molar-refractivity contribution in [3.63, 3.8) is 0 Å². The zero-order valence-electron chi connectivity index (χ0n) is 15.2. The second-order valence-corrected chi connectivity index (χ2v) is 7.98. The minimum atomic E-state index is -1.56. The Kier molecular flexibility index (Phi) is 4.87. The van der Waals surface area contributed by atoms with Gasteiger partial charge in [-0.3, -0.25) is 4.90 Å². The van der Waals surface area contributed by atoms with E-state index in [0.717, 1.165) is 24.3 Å². The summed E-state index contributed by atoms with van der Waals surface area (Å²) < 4.78 is 28.2. The van der Waals surface area contributed by atoms with Crippen LogP contribution in [0.3, 0.4) is 0 Å². The van der Waals surface area contributed by atoms with Gasteiger partial charge >= 0.3 is 0 Å². The summed E-state index contributed by atoms with van der Waals surface area (Å²) in [5.74, 6) is -0.852. The van der Waals surface area contributed by atoms with E-state index in [2.05, 4.69) is 11.8 Å². The first kappa shape index (κ1) is 18.7. The number of alkyl halides is 1. The van der Waals surface area contributed by atoms with Crippen LogP contribution in [0.5, 0.6) is 0 Å². The minimum Gasteiger partial charge on any atom is -0.378 e. The first-order valence-corrected chi connectivity index (χ1v) is 9.64. The molecule has 0 radical (unpaired) electrons. The SMILES string of the molecule is Cc1ccc(Cl)cc1N1CCN(C(O)C2C[C@@]2(F)c2ccc(F)cc2)CC1. The van der Waals surface area contributed by atoms with Gasteiger partial charge in [-0.1, -0.05) is 29.8 Å². The molecule has 3 nitrogen and oxygen atoms in total. The van der Waals surface area contributed by atoms with Crippen molar-refractivity contribution in [2.75, 3.05) is 31.1 Å². The fraction of sp³-hybridized carbons (Fsp3) is 0.429. The fourth-order valence-electron chi connectivity index (χ4n) is 4.07. The summed E-state index contributed by atoms with van der Waals surface area (Å²) in [6.45, 7) is 4.87. The van der Waals surface area contributed by atoms with E-state index >= 15 is 4.39 Å². The lowest BCUT2D eigenvalue weighted by molar-refractivity contribution is -0.0294. The summed E-state index contributed by atoms with van der Waals surface area (Å²) in [5, 5.41) is 11.4. The quantitative estimate of drug-likeness (QED) is 0.848. The monoisotopic (exact) mass is 392 g/mol. The smallest absolute Gasteiger partial charge is 0.143 e. The molecule has 2 fully saturated rings. The summed E-state index contributed by atoms with van der Waals surface area (Å²) in [7, 11) is 0. The highest BCUT2D eigenvalue weighted by molar-refractivity contribution is 6.30. The maximum atomic E-state index is 15.1. The maximum Gasteiger partial charge on any atom is 0.143 e. The van der Waals surface area contributed by atoms with Gasteiger partial charge in [0, 0.05) is 42.8 Å². The molecule has 0 aromatic heterocycles. The number of nitrogens with zero attached hydrogens (tertiary/aromatic N) is 2. The molecule has 1 saturated carbocycles. The van der Waals surface area contributed by atoms with Crippen molar-refractivity contribution in [1.29, 1.82) is 0 Å². The molecule has 1 aliphatic carbocycles. The van der Waals surface area contributed by atoms with Crippen LogP contribution >= 0.6 is 11.6 Å². The Labute approximate surface area is 163 Å². The molecule has 0 amide bonds. The van der Waals surface area contributed by atoms with E-state index in [1.165, 1.54) is 24.3 Å². The molecule has 4 rings (SSSR count). The second kappa shape index (κ2) is 7.04. The molecular weight excluding hydrogens is 370 g/mol. The Bertz CT molecular complexity index is 823. The van der Waals surface area contributed by atoms with Crippen LogP contribution in [0.15, 0.2) is 42.5 Å². The number of halogens is 3. The van der Waals surface area contributed by atoms with Gasteiger partial charge in [0.1, 0.15) is 17.7 Å². The van der Waals surface area contributed by atoms with Crippen LogP contribution in [0, 0.1) is 18.7 Å². The van der Waals surface area contributed by atoms with Crippen molar-refractivity contribution in [3.8, 4) is 0 Å². The normalized spacial score (nSPS) is 26.9. The zero-order chi connectivity index (χ0) is 19.2. The van der Waals surface area contributed by atoms with Crippen LogP contribution in [-0.2, 0) is 5.67 Å². The van der Waals surface area contributed by atoms with E-state index in [1.807, 2.05) is 23.1 Å². The van der Waals surface area contributed by atoms with Crippen LogP contribution in [0.25, 0.3) is 0 Å². The van der Waals surface area contributed by atoms with Gasteiger partial charge in [-0.05, 0) is 48.7 Å². The Morgan fingerprint density at radius 1 is 1.11 bits per heavy atom. The van der Waals surface area contributed by atoms with Gasteiger partial charge in [0.15, 0.2) is 0 Å². The summed E-state index contributed by atoms with van der Waals surface area (Å²) in [6, 6.07) is 11.3. The average Bonchev–Trinajstić information content (AvgIpc) is 3.36. The predicted molar refractivity (Wildman–Crippen MR) is 103 cm³/mol. The summed E-state index contributed by atoms with van der Waals surface area (Å²) in [4.78, 5) is 4.19. The fourth-order valence-corrected chi connectivity index (χ4v) is 4.23. The van der Waals surface area contributed by atoms with Crippen molar-refractivity contribution in [2.45, 2.75) is 25.2 Å². The molecule has 27 heavy (non-hydrogen) atoms. The Balaban J connectivity index is 1.39. The van der Waals surface area contributed by atoms with E-state index in [1.54, 1.807) is 0 Å². The van der Waals surface area contributed by atoms with Crippen molar-refractivity contribution in [3.05, 3.63) is 64.4 Å². The molecule has 2 unspecified atom stereocenters. The first-order chi connectivity index (χ1) is 12.9. The van der Waals surface area contributed by atoms with E-state index in [0.29, 0.717) is 23.7 Å². The number of aliphatic hydroxyl groups is 1. The van der Waals surface area contributed by atoms with E-state index in [-0.39, 0.29) is 12.2 Å². The average molecular weight is 393 g/mol. The number of rotatable bonds is 4. The number of anilines is 1. The highest BCUT2D eigenvalue weighted by Gasteiger charge is 2.61. The van der Waals surface area contributed by atoms with Gasteiger partial charge in [0.25, 0.3) is 0 Å². The van der Waals surface area contributed by atoms with E-state index < -0.39 is 17.8 Å². The predicted octanol–water partition coefficient (Wildman–Crippen LogP) is 4.11. The second-order valence-electron chi connectivity index (χ2n) is 7.55. The molecule has 0 bridgehead atoms. The first-order valence-electron chi connectivity index (χ1n) is 9.27. The molecule has 2 aromatic carbocycles. The Morgan fingerprint density at radius 2 is 1.78 bits per heavy atom. The largest absolute Gasteiger partial charge is 0.378 e. The van der Waals surface area contributed by atoms with Crippen LogP contribution in [-0.4, -0.2) is 42.4 Å². The molecule has 2 aromatic rings. The molecule has 1 N–H and O–H groups in total. The minimum absolute atomic E-state index is 0.271. The van der Waals surface area contributed by atoms with Crippen LogP contribution in [0.1, 0.15) is 17.5 Å². The van der Waals surface area contributed by atoms with Crippen molar-refractivity contribution >= 4 is 17.3 Å². The number of aliphatic hydroxyl groups excluding tert-OH is 1. The lowest BCUT2D eigenvalue weighted by Crippen LogP contribution is -2.51. The number of aryl methyl sites for hydroxylation is 1. The van der Waals surface area contributed by atoms with Crippen LogP contribution in [0.4, 0.5) is 14.5 Å². The van der Waals surface area contributed by atoms with Crippen molar-refractivity contribution in [2.24, 2.45) is 5.92 Å². The maximum absolute atomic E-state index is 15.1. The van der Waals surface area contributed by atoms with E-state index in [4.69, 9.17) is 11.6 Å². The standard InChI is InChI=1S/C21H23ClF2N2O/c1-14-2-5-16(22)12-19(14)25-8-10-26(11-9-25)20(27)18-13-21(18,24)15-3-6-17(23)7-4-15/h2-7,12,18,20,27H,8-11,13H2,1H3/t18?,20?,21-/m1/s1. The molecule has 6 heteroatoms. The number of hydrogen-bond donors (Lipinski definition) is 1. The lowest BCUT2D eigenvalue weighted by Gasteiger charge is -2.39. The van der Waals surface area contributed by atoms with Crippen molar-refractivity contribution in [1.82, 2.24) is 4.90 Å². The third-order valence-electron chi connectivity index (χ3n) is 5.83. The number of hydrogen-bond acceptors (Lipinski definition) is 3. The Hall–Kier alpha value is -1.69. The molecule has 1 saturated heterocycles. The highest BCUT2D eigenvalue weighted by atomic mass is 35.5. The third-order valence-corrected chi connectivity index (χ3v) is 6.06. The highest BCUT2D eigenvalue weighted by Crippen LogP contribution is 2.57.